The maximum atomic E-state index is 4.55. The van der Waals surface area contributed by atoms with Crippen LogP contribution in [-0.2, 0) is 6.42 Å². The van der Waals surface area contributed by atoms with Gasteiger partial charge in [-0.15, -0.1) is 0 Å². The SMILES string of the molecule is CCCc1nc(NC)cc(Nc2ccc(C)cc2Br)n1. The maximum absolute atomic E-state index is 4.55. The fraction of sp³-hybridized carbons (Fsp3) is 0.333. The summed E-state index contributed by atoms with van der Waals surface area (Å²) in [5.74, 6) is 2.48. The van der Waals surface area contributed by atoms with Gasteiger partial charge in [-0.2, -0.15) is 0 Å². The van der Waals surface area contributed by atoms with Gasteiger partial charge in [-0.3, -0.25) is 0 Å². The Morgan fingerprint density at radius 1 is 1.15 bits per heavy atom. The Kier molecular flexibility index (Phi) is 4.95. The number of anilines is 3. The van der Waals surface area contributed by atoms with E-state index in [-0.39, 0.29) is 0 Å². The molecule has 0 saturated carbocycles. The number of nitrogens with one attached hydrogen (secondary N) is 2. The molecule has 0 aliphatic rings. The van der Waals surface area contributed by atoms with Gasteiger partial charge in [0.1, 0.15) is 17.5 Å². The molecule has 4 nitrogen and oxygen atoms in total. The molecule has 1 aromatic heterocycles. The molecule has 0 amide bonds. The molecule has 0 radical (unpaired) electrons. The summed E-state index contributed by atoms with van der Waals surface area (Å²) < 4.78 is 1.03. The molecule has 2 N–H and O–H groups in total. The second kappa shape index (κ2) is 6.70. The van der Waals surface area contributed by atoms with E-state index in [2.05, 4.69) is 62.5 Å². The van der Waals surface area contributed by atoms with Crippen molar-refractivity contribution in [3.05, 3.63) is 40.1 Å². The van der Waals surface area contributed by atoms with E-state index in [0.29, 0.717) is 0 Å². The number of hydrogen-bond acceptors (Lipinski definition) is 4. The Bertz CT molecular complexity index is 598. The lowest BCUT2D eigenvalue weighted by molar-refractivity contribution is 0.838. The van der Waals surface area contributed by atoms with Crippen molar-refractivity contribution in [3.8, 4) is 0 Å². The number of halogens is 1. The first-order valence-electron chi connectivity index (χ1n) is 6.71. The third kappa shape index (κ3) is 3.70. The fourth-order valence-corrected chi connectivity index (χ4v) is 2.48. The molecule has 1 aromatic carbocycles. The molecule has 0 spiro atoms. The van der Waals surface area contributed by atoms with Gasteiger partial charge in [-0.05, 0) is 47.0 Å². The lowest BCUT2D eigenvalue weighted by Gasteiger charge is -2.11. The van der Waals surface area contributed by atoms with Crippen LogP contribution in [0.25, 0.3) is 0 Å². The molecular weight excluding hydrogens is 316 g/mol. The normalized spacial score (nSPS) is 10.4. The predicted molar refractivity (Wildman–Crippen MR) is 87.7 cm³/mol. The molecule has 0 aliphatic carbocycles. The van der Waals surface area contributed by atoms with Gasteiger partial charge >= 0.3 is 0 Å². The summed E-state index contributed by atoms with van der Waals surface area (Å²) in [6.07, 6.45) is 1.90. The first kappa shape index (κ1) is 14.8. The van der Waals surface area contributed by atoms with Gasteiger partial charge in [-0.1, -0.05) is 13.0 Å². The molecule has 0 unspecified atom stereocenters. The van der Waals surface area contributed by atoms with Gasteiger partial charge in [0.05, 0.1) is 5.69 Å². The number of benzene rings is 1. The van der Waals surface area contributed by atoms with E-state index < -0.39 is 0 Å². The van der Waals surface area contributed by atoms with Crippen LogP contribution >= 0.6 is 15.9 Å². The Labute approximate surface area is 128 Å². The third-order valence-corrected chi connectivity index (χ3v) is 3.55. The number of nitrogens with zero attached hydrogens (tertiary/aromatic N) is 2. The van der Waals surface area contributed by atoms with E-state index in [4.69, 9.17) is 0 Å². The van der Waals surface area contributed by atoms with E-state index in [1.165, 1.54) is 5.56 Å². The zero-order valence-corrected chi connectivity index (χ0v) is 13.6. The van der Waals surface area contributed by atoms with Crippen molar-refractivity contribution in [2.24, 2.45) is 0 Å². The summed E-state index contributed by atoms with van der Waals surface area (Å²) in [5.41, 5.74) is 2.21. The highest BCUT2D eigenvalue weighted by atomic mass is 79.9. The second-order valence-electron chi connectivity index (χ2n) is 4.66. The Hall–Kier alpha value is -1.62. The summed E-state index contributed by atoms with van der Waals surface area (Å²) >= 11 is 3.57. The first-order valence-corrected chi connectivity index (χ1v) is 7.50. The van der Waals surface area contributed by atoms with E-state index in [1.807, 2.05) is 19.2 Å². The number of rotatable bonds is 5. The van der Waals surface area contributed by atoms with Crippen LogP contribution in [0, 0.1) is 6.92 Å². The number of aryl methyl sites for hydroxylation is 2. The Morgan fingerprint density at radius 3 is 2.55 bits per heavy atom. The Balaban J connectivity index is 2.29. The Morgan fingerprint density at radius 2 is 1.90 bits per heavy atom. The topological polar surface area (TPSA) is 49.8 Å². The quantitative estimate of drug-likeness (QED) is 0.856. The molecule has 2 aromatic rings. The average molecular weight is 335 g/mol. The van der Waals surface area contributed by atoms with Crippen molar-refractivity contribution in [1.82, 2.24) is 9.97 Å². The fourth-order valence-electron chi connectivity index (χ4n) is 1.88. The number of hydrogen-bond donors (Lipinski definition) is 2. The molecule has 0 saturated heterocycles. The summed E-state index contributed by atoms with van der Waals surface area (Å²) in [4.78, 5) is 8.99. The summed E-state index contributed by atoms with van der Waals surface area (Å²) in [7, 11) is 1.86. The maximum Gasteiger partial charge on any atom is 0.136 e. The van der Waals surface area contributed by atoms with Crippen molar-refractivity contribution in [1.29, 1.82) is 0 Å². The smallest absolute Gasteiger partial charge is 0.136 e. The molecule has 0 aliphatic heterocycles. The molecular formula is C15H19BrN4. The highest BCUT2D eigenvalue weighted by Crippen LogP contribution is 2.26. The number of aromatic nitrogens is 2. The highest BCUT2D eigenvalue weighted by molar-refractivity contribution is 9.10. The van der Waals surface area contributed by atoms with Crippen molar-refractivity contribution in [3.63, 3.8) is 0 Å². The van der Waals surface area contributed by atoms with Crippen LogP contribution in [0.2, 0.25) is 0 Å². The molecule has 106 valence electrons. The van der Waals surface area contributed by atoms with Crippen LogP contribution in [0.4, 0.5) is 17.3 Å². The summed E-state index contributed by atoms with van der Waals surface area (Å²) in [6, 6.07) is 8.10. The van der Waals surface area contributed by atoms with Gasteiger partial charge in [0.15, 0.2) is 0 Å². The molecule has 0 fully saturated rings. The lowest BCUT2D eigenvalue weighted by Crippen LogP contribution is -2.04. The van der Waals surface area contributed by atoms with Crippen LogP contribution in [0.5, 0.6) is 0 Å². The van der Waals surface area contributed by atoms with E-state index in [9.17, 15) is 0 Å². The highest BCUT2D eigenvalue weighted by Gasteiger charge is 2.06. The van der Waals surface area contributed by atoms with Gasteiger partial charge in [0.25, 0.3) is 0 Å². The summed E-state index contributed by atoms with van der Waals surface area (Å²) in [5, 5.41) is 6.41. The lowest BCUT2D eigenvalue weighted by atomic mass is 10.2. The monoisotopic (exact) mass is 334 g/mol. The van der Waals surface area contributed by atoms with Crippen LogP contribution < -0.4 is 10.6 Å². The summed E-state index contributed by atoms with van der Waals surface area (Å²) in [6.45, 7) is 4.19. The largest absolute Gasteiger partial charge is 0.373 e. The predicted octanol–water partition coefficient (Wildman–Crippen LogP) is 4.29. The minimum atomic E-state index is 0.803. The second-order valence-corrected chi connectivity index (χ2v) is 5.52. The van der Waals surface area contributed by atoms with Crippen molar-refractivity contribution in [2.75, 3.05) is 17.7 Å². The standard InChI is InChI=1S/C15H19BrN4/c1-4-5-13-19-14(17-3)9-15(20-13)18-12-7-6-10(2)8-11(12)16/h6-9H,4-5H2,1-3H3,(H2,17,18,19,20). The minimum Gasteiger partial charge on any atom is -0.373 e. The van der Waals surface area contributed by atoms with E-state index in [1.54, 1.807) is 0 Å². The first-order chi connectivity index (χ1) is 9.62. The molecule has 20 heavy (non-hydrogen) atoms. The van der Waals surface area contributed by atoms with Gasteiger partial charge in [0, 0.05) is 24.0 Å². The van der Waals surface area contributed by atoms with Gasteiger partial charge in [-0.25, -0.2) is 9.97 Å². The van der Waals surface area contributed by atoms with Crippen LogP contribution in [0.15, 0.2) is 28.7 Å². The molecule has 1 heterocycles. The zero-order chi connectivity index (χ0) is 14.5. The van der Waals surface area contributed by atoms with E-state index >= 15 is 0 Å². The van der Waals surface area contributed by atoms with Gasteiger partial charge in [0.2, 0.25) is 0 Å². The van der Waals surface area contributed by atoms with Gasteiger partial charge < -0.3 is 10.6 Å². The molecule has 2 rings (SSSR count). The van der Waals surface area contributed by atoms with Crippen LogP contribution in [-0.4, -0.2) is 17.0 Å². The van der Waals surface area contributed by atoms with Crippen LogP contribution in [0.1, 0.15) is 24.7 Å². The van der Waals surface area contributed by atoms with E-state index in [0.717, 1.165) is 40.5 Å². The third-order valence-electron chi connectivity index (χ3n) is 2.89. The molecule has 5 heteroatoms. The van der Waals surface area contributed by atoms with Crippen molar-refractivity contribution >= 4 is 33.3 Å². The molecule has 0 atom stereocenters. The van der Waals surface area contributed by atoms with Crippen LogP contribution in [0.3, 0.4) is 0 Å². The molecule has 0 bridgehead atoms. The van der Waals surface area contributed by atoms with Crippen molar-refractivity contribution < 1.29 is 0 Å². The average Bonchev–Trinajstić information content (AvgIpc) is 2.42. The zero-order valence-electron chi connectivity index (χ0n) is 12.0. The van der Waals surface area contributed by atoms with Crippen molar-refractivity contribution in [2.45, 2.75) is 26.7 Å². The minimum absolute atomic E-state index is 0.803.